The Hall–Kier alpha value is -2.07. The minimum Gasteiger partial charge on any atom is -1.00 e. The van der Waals surface area contributed by atoms with Crippen LogP contribution in [0.25, 0.3) is 6.08 Å². The van der Waals surface area contributed by atoms with Gasteiger partial charge in [-0.25, -0.2) is 9.59 Å². The summed E-state index contributed by atoms with van der Waals surface area (Å²) in [4.78, 5) is 27.1. The first-order chi connectivity index (χ1) is 11.8. The fourth-order valence-corrected chi connectivity index (χ4v) is 1.81. The summed E-state index contributed by atoms with van der Waals surface area (Å²) in [6.07, 6.45) is 3.25. The van der Waals surface area contributed by atoms with E-state index in [0.717, 1.165) is 6.08 Å². The molecular weight excluding hydrogens is 351 g/mol. The zero-order valence-corrected chi connectivity index (χ0v) is 16.8. The van der Waals surface area contributed by atoms with E-state index in [4.69, 9.17) is 21.9 Å². The van der Waals surface area contributed by atoms with Crippen LogP contribution in [0.15, 0.2) is 29.3 Å². The van der Waals surface area contributed by atoms with Gasteiger partial charge >= 0.3 is 41.5 Å². The third-order valence-electron chi connectivity index (χ3n) is 3.09. The molecule has 26 heavy (non-hydrogen) atoms. The number of methoxy groups -OCH3 is 1. The van der Waals surface area contributed by atoms with Crippen LogP contribution in [0, 0.1) is 0 Å². The minimum atomic E-state index is -0.944. The van der Waals surface area contributed by atoms with Crippen molar-refractivity contribution in [2.24, 2.45) is 22.2 Å². The first-order valence-corrected chi connectivity index (χ1v) is 7.45. The van der Waals surface area contributed by atoms with E-state index in [1.54, 1.807) is 6.07 Å². The molecular formula is C16H23N4NaO5. The van der Waals surface area contributed by atoms with Crippen LogP contribution in [0.5, 0.6) is 11.5 Å². The van der Waals surface area contributed by atoms with Crippen LogP contribution < -0.4 is 51.5 Å². The Bertz CT molecular complexity index is 681. The molecule has 10 heteroatoms. The zero-order chi connectivity index (χ0) is 18.8. The van der Waals surface area contributed by atoms with Crippen LogP contribution in [-0.4, -0.2) is 42.7 Å². The summed E-state index contributed by atoms with van der Waals surface area (Å²) in [6, 6.07) is 3.57. The number of ether oxygens (including phenoxy) is 2. The van der Waals surface area contributed by atoms with Crippen molar-refractivity contribution in [1.29, 1.82) is 0 Å². The molecule has 0 fully saturated rings. The molecule has 1 atom stereocenters. The predicted molar refractivity (Wildman–Crippen MR) is 93.8 cm³/mol. The maximum Gasteiger partial charge on any atom is 1.00 e. The topological polar surface area (TPSA) is 163 Å². The van der Waals surface area contributed by atoms with E-state index in [1.807, 2.05) is 0 Å². The number of guanidine groups is 1. The van der Waals surface area contributed by atoms with E-state index in [1.165, 1.54) is 25.3 Å². The predicted octanol–water partition coefficient (Wildman–Crippen LogP) is -3.02. The van der Waals surface area contributed by atoms with Gasteiger partial charge in [-0.05, 0) is 36.6 Å². The largest absolute Gasteiger partial charge is 1.00 e. The maximum absolute atomic E-state index is 11.7. The second-order valence-corrected chi connectivity index (χ2v) is 5.06. The molecule has 0 saturated heterocycles. The number of nitrogens with zero attached hydrogens (tertiary/aromatic N) is 1. The molecule has 1 aromatic rings. The summed E-state index contributed by atoms with van der Waals surface area (Å²) in [6.45, 7) is 0.333. The van der Waals surface area contributed by atoms with Gasteiger partial charge in [0.05, 0.1) is 7.11 Å². The van der Waals surface area contributed by atoms with Crippen molar-refractivity contribution < 1.29 is 55.2 Å². The molecule has 7 N–H and O–H groups in total. The summed E-state index contributed by atoms with van der Waals surface area (Å²) in [5.74, 6) is -1.49. The molecule has 0 amide bonds. The number of aromatic hydroxyl groups is 1. The summed E-state index contributed by atoms with van der Waals surface area (Å²) >= 11 is 0. The minimum absolute atomic E-state index is 0. The zero-order valence-electron chi connectivity index (χ0n) is 15.8. The Labute approximate surface area is 175 Å². The van der Waals surface area contributed by atoms with Crippen molar-refractivity contribution in [1.82, 2.24) is 0 Å². The molecule has 0 radical (unpaired) electrons. The fraction of sp³-hybridized carbons (Fsp3) is 0.312. The van der Waals surface area contributed by atoms with Crippen LogP contribution in [0.2, 0.25) is 0 Å². The number of benzene rings is 1. The number of esters is 2. The molecule has 138 valence electrons. The first kappa shape index (κ1) is 23.9. The molecule has 0 aliphatic carbocycles. The second-order valence-electron chi connectivity index (χ2n) is 5.06. The molecule has 0 heterocycles. The van der Waals surface area contributed by atoms with Gasteiger partial charge < -0.3 is 33.2 Å². The fourth-order valence-electron chi connectivity index (χ4n) is 1.81. The number of nitrogens with two attached hydrogens (primary N) is 3. The van der Waals surface area contributed by atoms with Crippen molar-refractivity contribution in [3.63, 3.8) is 0 Å². The van der Waals surface area contributed by atoms with Gasteiger partial charge in [0.2, 0.25) is 0 Å². The molecule has 0 aromatic heterocycles. The van der Waals surface area contributed by atoms with E-state index in [9.17, 15) is 14.7 Å². The average molecular weight is 374 g/mol. The summed E-state index contributed by atoms with van der Waals surface area (Å²) in [7, 11) is 1.41. The van der Waals surface area contributed by atoms with Crippen molar-refractivity contribution in [3.8, 4) is 11.5 Å². The van der Waals surface area contributed by atoms with E-state index in [-0.39, 0.29) is 54.9 Å². The Morgan fingerprint density at radius 3 is 2.69 bits per heavy atom. The summed E-state index contributed by atoms with van der Waals surface area (Å²) < 4.78 is 9.59. The van der Waals surface area contributed by atoms with Crippen LogP contribution in [0.1, 0.15) is 19.8 Å². The average Bonchev–Trinajstić information content (AvgIpc) is 2.57. The molecule has 1 aromatic carbocycles. The Kier molecular flexibility index (Phi) is 11.3. The first-order valence-electron chi connectivity index (χ1n) is 7.45. The van der Waals surface area contributed by atoms with E-state index < -0.39 is 18.0 Å². The number of hydrogen-bond acceptors (Lipinski definition) is 7. The van der Waals surface area contributed by atoms with Gasteiger partial charge in [-0.1, -0.05) is 6.07 Å². The number of rotatable bonds is 8. The van der Waals surface area contributed by atoms with Crippen molar-refractivity contribution in [3.05, 3.63) is 29.8 Å². The molecule has 9 nitrogen and oxygen atoms in total. The number of carbonyl (C=O) groups is 2. The van der Waals surface area contributed by atoms with Crippen molar-refractivity contribution in [2.75, 3.05) is 13.7 Å². The monoisotopic (exact) mass is 374 g/mol. The molecule has 0 unspecified atom stereocenters. The Balaban J connectivity index is 0. The maximum atomic E-state index is 11.7. The van der Waals surface area contributed by atoms with Gasteiger partial charge in [0, 0.05) is 12.6 Å². The normalized spacial score (nSPS) is 11.3. The Morgan fingerprint density at radius 1 is 1.38 bits per heavy atom. The standard InChI is InChI=1S/C16H22N4O5.Na.H/c1-24-13-9-10(4-6-12(13)21)5-7-14(22)25-15(23)11(17)3-2-8-20-16(18)19;;/h4-7,9,11,21H,2-3,8,17H2,1H3,(H4,18,19,20);;/q;+1;-1/t11-;;/m0../s1. The molecule has 0 bridgehead atoms. The van der Waals surface area contributed by atoms with Gasteiger partial charge in [0.25, 0.3) is 0 Å². The summed E-state index contributed by atoms with van der Waals surface area (Å²) in [5.41, 5.74) is 16.6. The van der Waals surface area contributed by atoms with E-state index in [0.29, 0.717) is 18.5 Å². The van der Waals surface area contributed by atoms with Crippen molar-refractivity contribution in [2.45, 2.75) is 18.9 Å². The number of phenolic OH excluding ortho intramolecular Hbond substituents is 1. The summed E-state index contributed by atoms with van der Waals surface area (Å²) in [5, 5.41) is 9.49. The number of aliphatic imine (C=N–C) groups is 1. The van der Waals surface area contributed by atoms with Crippen LogP contribution in [-0.2, 0) is 14.3 Å². The number of phenols is 1. The second kappa shape index (κ2) is 12.3. The van der Waals surface area contributed by atoms with Crippen LogP contribution >= 0.6 is 0 Å². The van der Waals surface area contributed by atoms with Gasteiger partial charge in [0.1, 0.15) is 6.04 Å². The molecule has 0 spiro atoms. The third-order valence-corrected chi connectivity index (χ3v) is 3.09. The van der Waals surface area contributed by atoms with Gasteiger partial charge in [0.15, 0.2) is 17.5 Å². The SMILES string of the molecule is COc1cc(C=CC(=O)OC(=O)[C@@H](N)CCCN=C(N)N)ccc1O.[H-].[Na+]. The molecule has 0 aliphatic rings. The molecule has 0 aliphatic heterocycles. The number of hydrogen-bond donors (Lipinski definition) is 4. The molecule has 0 saturated carbocycles. The van der Waals surface area contributed by atoms with Gasteiger partial charge in [-0.15, -0.1) is 0 Å². The van der Waals surface area contributed by atoms with E-state index >= 15 is 0 Å². The van der Waals surface area contributed by atoms with Crippen LogP contribution in [0.3, 0.4) is 0 Å². The van der Waals surface area contributed by atoms with E-state index in [2.05, 4.69) is 9.73 Å². The van der Waals surface area contributed by atoms with Gasteiger partial charge in [-0.2, -0.15) is 0 Å². The molecule has 1 rings (SSSR count). The van der Waals surface area contributed by atoms with Crippen molar-refractivity contribution >= 4 is 24.0 Å². The Morgan fingerprint density at radius 2 is 2.08 bits per heavy atom. The smallest absolute Gasteiger partial charge is 1.00 e. The van der Waals surface area contributed by atoms with Crippen LogP contribution in [0.4, 0.5) is 0 Å². The van der Waals surface area contributed by atoms with Gasteiger partial charge in [-0.3, -0.25) is 4.99 Å². The number of carbonyl (C=O) groups excluding carboxylic acids is 2. The third kappa shape index (κ3) is 8.86. The quantitative estimate of drug-likeness (QED) is 0.0710.